The average molecular weight is 237 g/mol. The van der Waals surface area contributed by atoms with Crippen LogP contribution < -0.4 is 0 Å². The summed E-state index contributed by atoms with van der Waals surface area (Å²) < 4.78 is 0. The molecule has 0 heterocycles. The van der Waals surface area contributed by atoms with E-state index in [1.807, 2.05) is 0 Å². The highest BCUT2D eigenvalue weighted by Gasteiger charge is 2.26. The van der Waals surface area contributed by atoms with Crippen LogP contribution in [-0.2, 0) is 0 Å². The maximum absolute atomic E-state index is 4.00. The van der Waals surface area contributed by atoms with Crippen molar-refractivity contribution in [2.45, 2.75) is 58.2 Å². The molecule has 0 aliphatic carbocycles. The molecule has 0 bridgehead atoms. The van der Waals surface area contributed by atoms with Gasteiger partial charge in [-0.25, -0.2) is 0 Å². The Bertz CT molecular complexity index is 76.5. The van der Waals surface area contributed by atoms with Crippen LogP contribution in [0, 0.1) is 0 Å². The molecule has 0 atom stereocenters. The lowest BCUT2D eigenvalue weighted by Crippen LogP contribution is -2.24. The molecule has 11 heavy (non-hydrogen) atoms. The standard InChI is InChI=1S/C9H21BrSi/c1-4-7-11(10,8-5-2)9-6-3/h4-9H2,1-3H3. The van der Waals surface area contributed by atoms with Crippen LogP contribution in [-0.4, -0.2) is 6.69 Å². The summed E-state index contributed by atoms with van der Waals surface area (Å²) in [7, 11) is 0. The lowest BCUT2D eigenvalue weighted by Gasteiger charge is -2.23. The van der Waals surface area contributed by atoms with Crippen molar-refractivity contribution in [3.63, 3.8) is 0 Å². The van der Waals surface area contributed by atoms with Crippen molar-refractivity contribution in [2.24, 2.45) is 0 Å². The minimum absolute atomic E-state index is 0.937. The van der Waals surface area contributed by atoms with Crippen molar-refractivity contribution < 1.29 is 0 Å². The van der Waals surface area contributed by atoms with Crippen molar-refractivity contribution in [2.75, 3.05) is 0 Å². The Kier molecular flexibility index (Phi) is 6.63. The second-order valence-corrected chi connectivity index (χ2v) is 12.2. The number of halogens is 1. The van der Waals surface area contributed by atoms with E-state index in [0.717, 1.165) is 0 Å². The number of rotatable bonds is 6. The normalized spacial score (nSPS) is 12.0. The quantitative estimate of drug-likeness (QED) is 0.469. The highest BCUT2D eigenvalue weighted by Crippen LogP contribution is 2.31. The Morgan fingerprint density at radius 2 is 1.09 bits per heavy atom. The second kappa shape index (κ2) is 6.24. The molecule has 0 saturated heterocycles. The monoisotopic (exact) mass is 236 g/mol. The molecule has 0 rings (SSSR count). The summed E-state index contributed by atoms with van der Waals surface area (Å²) in [6.45, 7) is 5.96. The zero-order valence-electron chi connectivity index (χ0n) is 8.12. The van der Waals surface area contributed by atoms with Crippen LogP contribution in [0.15, 0.2) is 0 Å². The van der Waals surface area contributed by atoms with Crippen LogP contribution in [0.3, 0.4) is 0 Å². The van der Waals surface area contributed by atoms with Gasteiger partial charge in [0.2, 0.25) is 0 Å². The molecule has 0 unspecified atom stereocenters. The summed E-state index contributed by atoms with van der Waals surface area (Å²) in [4.78, 5) is 0. The van der Waals surface area contributed by atoms with Gasteiger partial charge in [0.25, 0.3) is 0 Å². The summed E-state index contributed by atoms with van der Waals surface area (Å²) in [6.07, 6.45) is 4.08. The molecule has 0 spiro atoms. The number of hydrogen-bond acceptors (Lipinski definition) is 0. The lowest BCUT2D eigenvalue weighted by molar-refractivity contribution is 0.952. The lowest BCUT2D eigenvalue weighted by atomic mass is 10.6. The molecule has 68 valence electrons. The Morgan fingerprint density at radius 3 is 1.27 bits per heavy atom. The molecule has 0 aliphatic rings. The third-order valence-corrected chi connectivity index (χ3v) is 9.85. The van der Waals surface area contributed by atoms with Crippen LogP contribution in [0.5, 0.6) is 0 Å². The second-order valence-electron chi connectivity index (χ2n) is 3.40. The van der Waals surface area contributed by atoms with E-state index in [9.17, 15) is 0 Å². The van der Waals surface area contributed by atoms with E-state index in [-0.39, 0.29) is 0 Å². The molecule has 0 aromatic carbocycles. The first kappa shape index (κ1) is 11.7. The Hall–Kier alpha value is 0.697. The molecule has 0 saturated carbocycles. The van der Waals surface area contributed by atoms with Crippen LogP contribution in [0.1, 0.15) is 40.0 Å². The summed E-state index contributed by atoms with van der Waals surface area (Å²) in [5, 5.41) is 0. The zero-order chi connectivity index (χ0) is 8.74. The van der Waals surface area contributed by atoms with Gasteiger partial charge in [-0.3, -0.25) is 0 Å². The maximum Gasteiger partial charge on any atom is 0.130 e. The fourth-order valence-corrected chi connectivity index (χ4v) is 8.73. The molecular weight excluding hydrogens is 216 g/mol. The Labute approximate surface area is 80.4 Å². The van der Waals surface area contributed by atoms with Crippen LogP contribution >= 0.6 is 15.3 Å². The molecule has 0 radical (unpaired) electrons. The van der Waals surface area contributed by atoms with Gasteiger partial charge in [-0.2, -0.15) is 0 Å². The molecule has 0 amide bonds. The van der Waals surface area contributed by atoms with Gasteiger partial charge in [-0.1, -0.05) is 40.0 Å². The van der Waals surface area contributed by atoms with Crippen LogP contribution in [0.4, 0.5) is 0 Å². The molecule has 0 fully saturated rings. The summed E-state index contributed by atoms with van der Waals surface area (Å²) >= 11 is 4.00. The van der Waals surface area contributed by atoms with Crippen molar-refractivity contribution in [3.05, 3.63) is 0 Å². The minimum Gasteiger partial charge on any atom is -0.126 e. The maximum atomic E-state index is 4.00. The highest BCUT2D eigenvalue weighted by molar-refractivity contribution is 9.26. The van der Waals surface area contributed by atoms with Crippen molar-refractivity contribution in [1.29, 1.82) is 0 Å². The fourth-order valence-electron chi connectivity index (χ4n) is 1.72. The SMILES string of the molecule is CCC[Si](Br)(CCC)CCC. The predicted molar refractivity (Wildman–Crippen MR) is 60.0 cm³/mol. The van der Waals surface area contributed by atoms with E-state index in [2.05, 4.69) is 36.1 Å². The fraction of sp³-hybridized carbons (Fsp3) is 1.00. The summed E-state index contributed by atoms with van der Waals surface area (Å²) in [6, 6.07) is 4.40. The third-order valence-electron chi connectivity index (χ3n) is 2.09. The molecule has 0 nitrogen and oxygen atoms in total. The largest absolute Gasteiger partial charge is 0.130 e. The van der Waals surface area contributed by atoms with Gasteiger partial charge < -0.3 is 0 Å². The van der Waals surface area contributed by atoms with Crippen molar-refractivity contribution >= 4 is 22.0 Å². The molecule has 0 N–H and O–H groups in total. The van der Waals surface area contributed by atoms with E-state index in [0.29, 0.717) is 0 Å². The van der Waals surface area contributed by atoms with E-state index in [1.165, 1.54) is 37.4 Å². The Balaban J connectivity index is 3.79. The van der Waals surface area contributed by atoms with Gasteiger partial charge >= 0.3 is 0 Å². The van der Waals surface area contributed by atoms with Crippen LogP contribution in [0.2, 0.25) is 18.1 Å². The molecule has 2 heteroatoms. The van der Waals surface area contributed by atoms with Gasteiger partial charge in [0.1, 0.15) is 6.69 Å². The van der Waals surface area contributed by atoms with Gasteiger partial charge in [-0.15, -0.1) is 15.3 Å². The molecule has 0 aromatic rings. The van der Waals surface area contributed by atoms with E-state index >= 15 is 0 Å². The van der Waals surface area contributed by atoms with Crippen molar-refractivity contribution in [3.8, 4) is 0 Å². The highest BCUT2D eigenvalue weighted by atomic mass is 79.9. The summed E-state index contributed by atoms with van der Waals surface area (Å²) in [5.41, 5.74) is 0. The first-order valence-electron chi connectivity index (χ1n) is 4.87. The van der Waals surface area contributed by atoms with E-state index < -0.39 is 6.69 Å². The Morgan fingerprint density at radius 1 is 0.818 bits per heavy atom. The smallest absolute Gasteiger partial charge is 0.126 e. The first-order chi connectivity index (χ1) is 5.18. The topological polar surface area (TPSA) is 0 Å². The first-order valence-corrected chi connectivity index (χ1v) is 9.75. The van der Waals surface area contributed by atoms with Gasteiger partial charge in [0, 0.05) is 0 Å². The van der Waals surface area contributed by atoms with Crippen molar-refractivity contribution in [1.82, 2.24) is 0 Å². The molecule has 0 aliphatic heterocycles. The van der Waals surface area contributed by atoms with Gasteiger partial charge in [-0.05, 0) is 18.1 Å². The van der Waals surface area contributed by atoms with Crippen LogP contribution in [0.25, 0.3) is 0 Å². The molecule has 0 aromatic heterocycles. The third kappa shape index (κ3) is 5.02. The van der Waals surface area contributed by atoms with Gasteiger partial charge in [0.15, 0.2) is 0 Å². The van der Waals surface area contributed by atoms with E-state index in [4.69, 9.17) is 0 Å². The average Bonchev–Trinajstić information content (AvgIpc) is 1.88. The summed E-state index contributed by atoms with van der Waals surface area (Å²) in [5.74, 6) is 0. The van der Waals surface area contributed by atoms with Gasteiger partial charge in [0.05, 0.1) is 0 Å². The zero-order valence-corrected chi connectivity index (χ0v) is 10.7. The molecular formula is C9H21BrSi. The van der Waals surface area contributed by atoms with E-state index in [1.54, 1.807) is 0 Å². The predicted octanol–water partition coefficient (Wildman–Crippen LogP) is 4.56. The number of hydrogen-bond donors (Lipinski definition) is 0. The minimum atomic E-state index is -0.937.